The SMILES string of the molecule is CCCC[C@@H](C(=O)CCC1CCCC(COCN=Cc2ccc3c(c2)CCC3)C1)[C@@H](F)C(=O)NO. The summed E-state index contributed by atoms with van der Waals surface area (Å²) in [7, 11) is 0. The Morgan fingerprint density at radius 2 is 2.03 bits per heavy atom. The summed E-state index contributed by atoms with van der Waals surface area (Å²) in [6.07, 6.45) is 10.6. The number of rotatable bonds is 14. The number of hydrogen-bond acceptors (Lipinski definition) is 5. The number of nitrogens with one attached hydrogen (secondary N) is 1. The van der Waals surface area contributed by atoms with Crippen LogP contribution in [0.1, 0.15) is 87.8 Å². The summed E-state index contributed by atoms with van der Waals surface area (Å²) in [6, 6.07) is 6.56. The van der Waals surface area contributed by atoms with Gasteiger partial charge in [-0.2, -0.15) is 0 Å². The van der Waals surface area contributed by atoms with Crippen molar-refractivity contribution >= 4 is 17.9 Å². The molecule has 2 unspecified atom stereocenters. The molecule has 1 aromatic carbocycles. The lowest BCUT2D eigenvalue weighted by atomic mass is 9.78. The van der Waals surface area contributed by atoms with Crippen LogP contribution < -0.4 is 5.48 Å². The molecule has 1 fully saturated rings. The molecule has 1 aromatic rings. The number of ether oxygens (including phenoxy) is 1. The van der Waals surface area contributed by atoms with E-state index in [-0.39, 0.29) is 12.2 Å². The van der Waals surface area contributed by atoms with Crippen LogP contribution in [0, 0.1) is 17.8 Å². The molecule has 4 atom stereocenters. The highest BCUT2D eigenvalue weighted by Gasteiger charge is 2.33. The second-order valence-electron chi connectivity index (χ2n) is 10.2. The molecule has 2 aliphatic rings. The summed E-state index contributed by atoms with van der Waals surface area (Å²) < 4.78 is 20.2. The fraction of sp³-hybridized carbons (Fsp3) is 0.679. The van der Waals surface area contributed by atoms with Gasteiger partial charge in [-0.1, -0.05) is 44.7 Å². The molecule has 1 amide bonds. The molecule has 35 heavy (non-hydrogen) atoms. The van der Waals surface area contributed by atoms with Crippen LogP contribution in [-0.4, -0.2) is 42.6 Å². The fourth-order valence-corrected chi connectivity index (χ4v) is 5.57. The van der Waals surface area contributed by atoms with Crippen LogP contribution in [0.25, 0.3) is 0 Å². The van der Waals surface area contributed by atoms with Gasteiger partial charge in [-0.3, -0.25) is 19.8 Å². The van der Waals surface area contributed by atoms with Crippen LogP contribution in [-0.2, 0) is 27.2 Å². The molecule has 0 radical (unpaired) electrons. The summed E-state index contributed by atoms with van der Waals surface area (Å²) in [6.45, 7) is 2.97. The van der Waals surface area contributed by atoms with Crippen LogP contribution in [0.5, 0.6) is 0 Å². The summed E-state index contributed by atoms with van der Waals surface area (Å²) in [5.41, 5.74) is 5.37. The van der Waals surface area contributed by atoms with E-state index in [2.05, 4.69) is 23.2 Å². The van der Waals surface area contributed by atoms with E-state index in [9.17, 15) is 14.0 Å². The zero-order valence-corrected chi connectivity index (χ0v) is 21.0. The molecule has 2 aliphatic carbocycles. The molecule has 0 aromatic heterocycles. The number of halogens is 1. The van der Waals surface area contributed by atoms with E-state index >= 15 is 0 Å². The van der Waals surface area contributed by atoms with Crippen molar-refractivity contribution in [1.82, 2.24) is 5.48 Å². The van der Waals surface area contributed by atoms with Crippen LogP contribution in [0.15, 0.2) is 23.2 Å². The minimum Gasteiger partial charge on any atom is -0.359 e. The minimum atomic E-state index is -2.00. The van der Waals surface area contributed by atoms with Gasteiger partial charge in [0.2, 0.25) is 0 Å². The summed E-state index contributed by atoms with van der Waals surface area (Å²) >= 11 is 0. The number of aryl methyl sites for hydroxylation is 2. The third-order valence-corrected chi connectivity index (χ3v) is 7.57. The van der Waals surface area contributed by atoms with Gasteiger partial charge in [0.05, 0.1) is 12.5 Å². The Morgan fingerprint density at radius 1 is 1.23 bits per heavy atom. The van der Waals surface area contributed by atoms with Crippen molar-refractivity contribution in [2.24, 2.45) is 22.7 Å². The van der Waals surface area contributed by atoms with Crippen molar-refractivity contribution in [2.45, 2.75) is 90.1 Å². The van der Waals surface area contributed by atoms with Gasteiger partial charge in [0.15, 0.2) is 6.17 Å². The third-order valence-electron chi connectivity index (χ3n) is 7.57. The van der Waals surface area contributed by atoms with Crippen molar-refractivity contribution in [3.05, 3.63) is 34.9 Å². The predicted molar refractivity (Wildman–Crippen MR) is 134 cm³/mol. The molecule has 194 valence electrons. The Bertz CT molecular complexity index is 859. The number of aliphatic imine (C=N–C) groups is 1. The molecule has 1 saturated carbocycles. The number of fused-ring (bicyclic) bond motifs is 1. The lowest BCUT2D eigenvalue weighted by Gasteiger charge is -2.29. The fourth-order valence-electron chi connectivity index (χ4n) is 5.57. The number of hydroxylamine groups is 1. The van der Waals surface area contributed by atoms with Crippen LogP contribution in [0.2, 0.25) is 0 Å². The Morgan fingerprint density at radius 3 is 2.83 bits per heavy atom. The van der Waals surface area contributed by atoms with Crippen molar-refractivity contribution in [2.75, 3.05) is 13.3 Å². The normalized spacial score (nSPS) is 21.6. The second kappa shape index (κ2) is 14.4. The summed E-state index contributed by atoms with van der Waals surface area (Å²) in [5, 5.41) is 8.75. The first-order chi connectivity index (χ1) is 17.0. The van der Waals surface area contributed by atoms with Gasteiger partial charge in [0, 0.05) is 12.6 Å². The first-order valence-corrected chi connectivity index (χ1v) is 13.3. The van der Waals surface area contributed by atoms with E-state index in [4.69, 9.17) is 9.94 Å². The predicted octanol–water partition coefficient (Wildman–Crippen LogP) is 5.37. The van der Waals surface area contributed by atoms with Crippen LogP contribution >= 0.6 is 0 Å². The van der Waals surface area contributed by atoms with Crippen LogP contribution in [0.4, 0.5) is 4.39 Å². The lowest BCUT2D eigenvalue weighted by Crippen LogP contribution is -2.38. The molecular weight excluding hydrogens is 447 g/mol. The maximum atomic E-state index is 14.4. The van der Waals surface area contributed by atoms with Gasteiger partial charge in [-0.05, 0) is 79.5 Å². The molecule has 2 N–H and O–H groups in total. The van der Waals surface area contributed by atoms with Gasteiger partial charge < -0.3 is 4.74 Å². The number of carbonyl (C=O) groups is 2. The average molecular weight is 489 g/mol. The number of ketones is 1. The molecule has 0 bridgehead atoms. The highest BCUT2D eigenvalue weighted by atomic mass is 19.1. The van der Waals surface area contributed by atoms with Gasteiger partial charge in [-0.15, -0.1) is 0 Å². The summed E-state index contributed by atoms with van der Waals surface area (Å²) in [4.78, 5) is 28.7. The Kier molecular flexibility index (Phi) is 11.3. The van der Waals surface area contributed by atoms with E-state index in [1.807, 2.05) is 13.1 Å². The van der Waals surface area contributed by atoms with Crippen LogP contribution in [0.3, 0.4) is 0 Å². The van der Waals surface area contributed by atoms with Gasteiger partial charge in [-0.25, -0.2) is 9.87 Å². The molecule has 7 heteroatoms. The number of benzene rings is 1. The van der Waals surface area contributed by atoms with Gasteiger partial charge in [0.25, 0.3) is 5.91 Å². The third kappa shape index (κ3) is 8.50. The number of unbranched alkanes of at least 4 members (excludes halogenated alkanes) is 1. The number of hydrogen-bond donors (Lipinski definition) is 2. The Hall–Kier alpha value is -2.12. The highest BCUT2D eigenvalue weighted by Crippen LogP contribution is 2.33. The number of Topliss-reactive ketones (excluding diaryl/α,β-unsaturated/α-hetero) is 1. The smallest absolute Gasteiger partial charge is 0.278 e. The number of nitrogens with zero attached hydrogens (tertiary/aromatic N) is 1. The largest absolute Gasteiger partial charge is 0.359 e. The Balaban J connectivity index is 1.38. The highest BCUT2D eigenvalue weighted by molar-refractivity contribution is 5.89. The van der Waals surface area contributed by atoms with Crippen molar-refractivity contribution < 1.29 is 23.9 Å². The van der Waals surface area contributed by atoms with E-state index in [1.165, 1.54) is 29.4 Å². The first-order valence-electron chi connectivity index (χ1n) is 13.3. The van der Waals surface area contributed by atoms with E-state index < -0.39 is 18.0 Å². The molecular formula is C28H41FN2O4. The molecule has 6 nitrogen and oxygen atoms in total. The van der Waals surface area contributed by atoms with Gasteiger partial charge >= 0.3 is 0 Å². The van der Waals surface area contributed by atoms with E-state index in [0.717, 1.165) is 44.1 Å². The lowest BCUT2D eigenvalue weighted by molar-refractivity contribution is -0.141. The molecule has 0 aliphatic heterocycles. The topological polar surface area (TPSA) is 88.0 Å². The standard InChI is InChI=1S/C28H41FN2O4/c1-2-3-10-25(27(29)28(33)31-34)26(32)14-12-20-6-4-7-22(15-20)18-35-19-30-17-21-11-13-23-8-5-9-24(23)16-21/h11,13,16-17,20,22,25,27,34H,2-10,12,14-15,18-19H2,1H3,(H,31,33)/t20?,22?,25-,27+/m0/s1. The van der Waals surface area contributed by atoms with E-state index in [0.29, 0.717) is 44.4 Å². The summed E-state index contributed by atoms with van der Waals surface area (Å²) in [5.74, 6) is -1.47. The maximum Gasteiger partial charge on any atom is 0.278 e. The second-order valence-corrected chi connectivity index (χ2v) is 10.2. The number of amides is 1. The number of alkyl halides is 1. The quantitative estimate of drug-likeness (QED) is 0.159. The number of carbonyl (C=O) groups excluding carboxylic acids is 2. The average Bonchev–Trinajstić information content (AvgIpc) is 3.35. The first kappa shape index (κ1) is 27.5. The van der Waals surface area contributed by atoms with Crippen molar-refractivity contribution in [3.63, 3.8) is 0 Å². The molecule has 0 saturated heterocycles. The van der Waals surface area contributed by atoms with Crippen molar-refractivity contribution in [1.29, 1.82) is 0 Å². The monoisotopic (exact) mass is 488 g/mol. The maximum absolute atomic E-state index is 14.4. The zero-order chi connectivity index (χ0) is 25.0. The molecule has 0 heterocycles. The molecule has 3 rings (SSSR count). The zero-order valence-electron chi connectivity index (χ0n) is 21.0. The van der Waals surface area contributed by atoms with Crippen molar-refractivity contribution in [3.8, 4) is 0 Å². The van der Waals surface area contributed by atoms with Gasteiger partial charge in [0.1, 0.15) is 12.5 Å². The van der Waals surface area contributed by atoms with E-state index in [1.54, 1.807) is 0 Å². The minimum absolute atomic E-state index is 0.214. The Labute approximate surface area is 208 Å². The molecule has 0 spiro atoms.